The smallest absolute Gasteiger partial charge is 0.184 e. The van der Waals surface area contributed by atoms with Crippen LogP contribution >= 0.6 is 27.5 Å². The minimum atomic E-state index is -0.994. The first kappa shape index (κ1) is 14.7. The lowest BCUT2D eigenvalue weighted by Crippen LogP contribution is -2.12. The Morgan fingerprint density at radius 3 is 2.60 bits per heavy atom. The van der Waals surface area contributed by atoms with Gasteiger partial charge in [0.2, 0.25) is 0 Å². The fraction of sp³-hybridized carbons (Fsp3) is 0.0667. The zero-order valence-corrected chi connectivity index (χ0v) is 12.5. The first-order chi connectivity index (χ1) is 9.54. The number of nitrogens with zero attached hydrogens (tertiary/aromatic N) is 1. The first-order valence-electron chi connectivity index (χ1n) is 5.68. The Morgan fingerprint density at radius 2 is 2.00 bits per heavy atom. The van der Waals surface area contributed by atoms with E-state index in [4.69, 9.17) is 11.6 Å². The van der Waals surface area contributed by atoms with Crippen LogP contribution in [-0.4, -0.2) is 5.78 Å². The van der Waals surface area contributed by atoms with E-state index in [2.05, 4.69) is 15.9 Å². The van der Waals surface area contributed by atoms with Crippen molar-refractivity contribution < 1.29 is 9.18 Å². The second-order valence-electron chi connectivity index (χ2n) is 4.08. The molecule has 5 heteroatoms. The molecule has 0 heterocycles. The second kappa shape index (κ2) is 6.17. The Hall–Kier alpha value is -1.70. The molecular weight excluding hydrogens is 345 g/mol. The topological polar surface area (TPSA) is 40.9 Å². The van der Waals surface area contributed by atoms with Gasteiger partial charge in [0.15, 0.2) is 5.78 Å². The highest BCUT2D eigenvalue weighted by atomic mass is 79.9. The Morgan fingerprint density at radius 1 is 1.30 bits per heavy atom. The highest BCUT2D eigenvalue weighted by Gasteiger charge is 2.24. The fourth-order valence-corrected chi connectivity index (χ4v) is 2.43. The van der Waals surface area contributed by atoms with Crippen LogP contribution in [0.25, 0.3) is 0 Å². The van der Waals surface area contributed by atoms with E-state index in [1.54, 1.807) is 24.3 Å². The molecule has 0 N–H and O–H groups in total. The van der Waals surface area contributed by atoms with Gasteiger partial charge in [-0.3, -0.25) is 4.79 Å². The van der Waals surface area contributed by atoms with Gasteiger partial charge in [-0.15, -0.1) is 0 Å². The molecule has 0 spiro atoms. The zero-order valence-electron chi connectivity index (χ0n) is 10.1. The van der Waals surface area contributed by atoms with Gasteiger partial charge in [0.05, 0.1) is 11.1 Å². The summed E-state index contributed by atoms with van der Waals surface area (Å²) >= 11 is 8.89. The Kier molecular flexibility index (Phi) is 4.53. The van der Waals surface area contributed by atoms with Gasteiger partial charge < -0.3 is 0 Å². The van der Waals surface area contributed by atoms with E-state index in [9.17, 15) is 14.4 Å². The molecule has 2 rings (SSSR count). The molecule has 0 amide bonds. The van der Waals surface area contributed by atoms with Crippen molar-refractivity contribution in [1.82, 2.24) is 0 Å². The van der Waals surface area contributed by atoms with Crippen molar-refractivity contribution in [3.8, 4) is 6.07 Å². The summed E-state index contributed by atoms with van der Waals surface area (Å²) < 4.78 is 14.1. The number of nitriles is 1. The van der Waals surface area contributed by atoms with E-state index >= 15 is 0 Å². The molecule has 20 heavy (non-hydrogen) atoms. The largest absolute Gasteiger partial charge is 0.292 e. The van der Waals surface area contributed by atoms with Crippen LogP contribution in [0.4, 0.5) is 4.39 Å². The average Bonchev–Trinajstić information content (AvgIpc) is 2.44. The quantitative estimate of drug-likeness (QED) is 0.749. The standard InChI is InChI=1S/C15H8BrClFNO/c16-12-4-2-1-3-10(12)11(8-19)15(20)9-5-6-13(17)14(18)7-9/h1-7,11H. The number of benzene rings is 2. The van der Waals surface area contributed by atoms with E-state index in [1.165, 1.54) is 12.1 Å². The number of ketones is 1. The van der Waals surface area contributed by atoms with Gasteiger partial charge in [-0.1, -0.05) is 45.7 Å². The van der Waals surface area contributed by atoms with Gasteiger partial charge in [0.1, 0.15) is 11.7 Å². The summed E-state index contributed by atoms with van der Waals surface area (Å²) in [6.07, 6.45) is 0. The fourth-order valence-electron chi connectivity index (χ4n) is 1.79. The van der Waals surface area contributed by atoms with Crippen molar-refractivity contribution in [2.45, 2.75) is 5.92 Å². The van der Waals surface area contributed by atoms with Crippen LogP contribution in [0.3, 0.4) is 0 Å². The number of hydrogen-bond acceptors (Lipinski definition) is 2. The third kappa shape index (κ3) is 2.90. The summed E-state index contributed by atoms with van der Waals surface area (Å²) in [5.41, 5.74) is 0.671. The molecule has 100 valence electrons. The van der Waals surface area contributed by atoms with E-state index < -0.39 is 17.5 Å². The number of hydrogen-bond donors (Lipinski definition) is 0. The molecular formula is C15H8BrClFNO. The number of halogens is 3. The zero-order chi connectivity index (χ0) is 14.7. The maximum absolute atomic E-state index is 13.4. The molecule has 0 bridgehead atoms. The maximum atomic E-state index is 13.4. The van der Waals surface area contributed by atoms with Crippen molar-refractivity contribution >= 4 is 33.3 Å². The van der Waals surface area contributed by atoms with Crippen molar-refractivity contribution in [2.24, 2.45) is 0 Å². The Balaban J connectivity index is 2.42. The van der Waals surface area contributed by atoms with Gasteiger partial charge in [0.25, 0.3) is 0 Å². The van der Waals surface area contributed by atoms with Crippen LogP contribution in [0.15, 0.2) is 46.9 Å². The molecule has 0 saturated carbocycles. The minimum absolute atomic E-state index is 0.0593. The lowest BCUT2D eigenvalue weighted by Gasteiger charge is -2.10. The lowest BCUT2D eigenvalue weighted by molar-refractivity contribution is 0.0978. The first-order valence-corrected chi connectivity index (χ1v) is 6.85. The molecule has 1 atom stereocenters. The monoisotopic (exact) mass is 351 g/mol. The molecule has 0 fully saturated rings. The average molecular weight is 353 g/mol. The predicted octanol–water partition coefficient (Wildman–Crippen LogP) is 4.73. The van der Waals surface area contributed by atoms with Crippen LogP contribution in [0.2, 0.25) is 5.02 Å². The summed E-state index contributed by atoms with van der Waals surface area (Å²) in [5.74, 6) is -2.14. The highest BCUT2D eigenvalue weighted by molar-refractivity contribution is 9.10. The lowest BCUT2D eigenvalue weighted by atomic mass is 9.92. The Bertz CT molecular complexity index is 711. The predicted molar refractivity (Wildman–Crippen MR) is 78.2 cm³/mol. The molecule has 0 saturated heterocycles. The minimum Gasteiger partial charge on any atom is -0.292 e. The van der Waals surface area contributed by atoms with Gasteiger partial charge in [-0.05, 0) is 29.8 Å². The summed E-state index contributed by atoms with van der Waals surface area (Å²) in [4.78, 5) is 12.3. The number of Topliss-reactive ketones (excluding diaryl/α,β-unsaturated/α-hetero) is 1. The van der Waals surface area contributed by atoms with E-state index in [0.717, 1.165) is 6.07 Å². The van der Waals surface area contributed by atoms with Crippen molar-refractivity contribution in [3.05, 3.63) is 68.9 Å². The molecule has 2 nitrogen and oxygen atoms in total. The maximum Gasteiger partial charge on any atom is 0.184 e. The van der Waals surface area contributed by atoms with Gasteiger partial charge in [-0.25, -0.2) is 4.39 Å². The summed E-state index contributed by atoms with van der Waals surface area (Å²) in [7, 11) is 0. The molecule has 2 aromatic carbocycles. The van der Waals surface area contributed by atoms with Crippen LogP contribution in [0.5, 0.6) is 0 Å². The van der Waals surface area contributed by atoms with Crippen LogP contribution < -0.4 is 0 Å². The highest BCUT2D eigenvalue weighted by Crippen LogP contribution is 2.28. The third-order valence-corrected chi connectivity index (χ3v) is 3.84. The summed E-state index contributed by atoms with van der Waals surface area (Å²) in [5, 5.41) is 9.19. The van der Waals surface area contributed by atoms with Crippen molar-refractivity contribution in [3.63, 3.8) is 0 Å². The normalized spacial score (nSPS) is 11.7. The van der Waals surface area contributed by atoms with Crippen molar-refractivity contribution in [1.29, 1.82) is 5.26 Å². The SMILES string of the molecule is N#CC(C(=O)c1ccc(Cl)c(F)c1)c1ccccc1Br. The van der Waals surface area contributed by atoms with E-state index in [0.29, 0.717) is 10.0 Å². The molecule has 1 unspecified atom stereocenters. The summed E-state index contributed by atoms with van der Waals surface area (Å²) in [6.45, 7) is 0. The van der Waals surface area contributed by atoms with Gasteiger partial charge in [-0.2, -0.15) is 5.26 Å². The second-order valence-corrected chi connectivity index (χ2v) is 5.34. The molecule has 0 aromatic heterocycles. The molecule has 2 aromatic rings. The number of carbonyl (C=O) groups is 1. The van der Waals surface area contributed by atoms with E-state index in [1.807, 2.05) is 6.07 Å². The Labute approximate surface area is 128 Å². The number of rotatable bonds is 3. The molecule has 0 radical (unpaired) electrons. The molecule has 0 aliphatic heterocycles. The molecule has 0 aliphatic rings. The van der Waals surface area contributed by atoms with Gasteiger partial charge in [0, 0.05) is 10.0 Å². The third-order valence-electron chi connectivity index (χ3n) is 2.81. The summed E-state index contributed by atoms with van der Waals surface area (Å²) in [6, 6.07) is 12.7. The molecule has 0 aliphatic carbocycles. The van der Waals surface area contributed by atoms with Gasteiger partial charge >= 0.3 is 0 Å². The van der Waals surface area contributed by atoms with Crippen LogP contribution in [0, 0.1) is 17.1 Å². The van der Waals surface area contributed by atoms with Crippen molar-refractivity contribution in [2.75, 3.05) is 0 Å². The van der Waals surface area contributed by atoms with Crippen LogP contribution in [0.1, 0.15) is 21.8 Å². The number of carbonyl (C=O) groups excluding carboxylic acids is 1. The van der Waals surface area contributed by atoms with E-state index in [-0.39, 0.29) is 10.6 Å². The van der Waals surface area contributed by atoms with Crippen LogP contribution in [-0.2, 0) is 0 Å².